The lowest BCUT2D eigenvalue weighted by Gasteiger charge is -2.07. The molecular weight excluding hydrogens is 845 g/mol. The van der Waals surface area contributed by atoms with Crippen molar-refractivity contribution in [3.05, 3.63) is 175 Å². The van der Waals surface area contributed by atoms with Gasteiger partial charge in [-0.15, -0.1) is 0 Å². The molecule has 2 amide bonds. The van der Waals surface area contributed by atoms with Crippen LogP contribution in [-0.2, 0) is 38.4 Å². The molecular formula is C53H50N8O6. The van der Waals surface area contributed by atoms with E-state index in [-0.39, 0.29) is 37.5 Å². The molecule has 9 rings (SSSR count). The molecule has 8 bridgehead atoms. The van der Waals surface area contributed by atoms with Crippen LogP contribution in [0.2, 0.25) is 0 Å². The average molecular weight is 895 g/mol. The van der Waals surface area contributed by atoms with Crippen LogP contribution in [0.3, 0.4) is 0 Å². The first-order valence-electron chi connectivity index (χ1n) is 21.8. The molecule has 14 heteroatoms. The summed E-state index contributed by atoms with van der Waals surface area (Å²) in [6.07, 6.45) is 15.6. The van der Waals surface area contributed by atoms with Crippen molar-refractivity contribution in [2.24, 2.45) is 0 Å². The highest BCUT2D eigenvalue weighted by Gasteiger charge is 2.26. The minimum absolute atomic E-state index is 0.0688. The van der Waals surface area contributed by atoms with Crippen LogP contribution in [0.5, 0.6) is 0 Å². The number of nitrogens with one attached hydrogen (secondary N) is 6. The highest BCUT2D eigenvalue weighted by molar-refractivity contribution is 6.03. The molecule has 0 atom stereocenters. The number of nitrogens with zero attached hydrogens (tertiary/aromatic N) is 2. The van der Waals surface area contributed by atoms with Crippen LogP contribution < -0.4 is 10.6 Å². The van der Waals surface area contributed by atoms with Crippen molar-refractivity contribution >= 4 is 82.3 Å². The van der Waals surface area contributed by atoms with Gasteiger partial charge in [0.15, 0.2) is 0 Å². The van der Waals surface area contributed by atoms with Gasteiger partial charge in [0.05, 0.1) is 28.5 Å². The predicted octanol–water partition coefficient (Wildman–Crippen LogP) is 9.19. The van der Waals surface area contributed by atoms with E-state index in [4.69, 9.17) is 0 Å². The number of carbonyl (C=O) groups is 4. The standard InChI is InChI=1S/C33H36N4O6.C20H14N4/c1-7-20-19(6)32(42)37-27(20)14-25-18(5)23(10-12-31(40)41)29(35-25)15-28-22(9-11-30(38)39)17(4)24(34-28)13-26-16(3)21(8-2)33(43)36-26;1-2-14-10-16-5-6-18(23-16)12-20-8-7-19(24-20)11-17-4-3-15(22-17)9-13(1)21-14/h7-8,13-14,34-35H,1-2,9-12,15H2,3-6H3,(H,36,43)(H,37,42)(H,38,39)(H,40,41);1-12,21-22H/b26-13-,27-14-;. The van der Waals surface area contributed by atoms with Gasteiger partial charge >= 0.3 is 11.9 Å². The topological polar surface area (TPSA) is 222 Å². The van der Waals surface area contributed by atoms with Gasteiger partial charge < -0.3 is 40.8 Å². The van der Waals surface area contributed by atoms with Crippen LogP contribution in [-0.4, -0.2) is 63.9 Å². The van der Waals surface area contributed by atoms with Crippen LogP contribution in [0.1, 0.15) is 94.5 Å². The van der Waals surface area contributed by atoms with E-state index in [1.807, 2.05) is 75.4 Å². The first-order valence-corrected chi connectivity index (χ1v) is 21.8. The number of H-pyrrole nitrogens is 4. The molecule has 0 fully saturated rings. The maximum Gasteiger partial charge on any atom is 0.303 e. The van der Waals surface area contributed by atoms with Crippen molar-refractivity contribution in [2.45, 2.75) is 59.8 Å². The van der Waals surface area contributed by atoms with E-state index in [0.29, 0.717) is 34.5 Å². The Hall–Kier alpha value is -8.52. The first kappa shape index (κ1) is 45.1. The predicted molar refractivity (Wildman–Crippen MR) is 263 cm³/mol. The zero-order chi connectivity index (χ0) is 47.5. The van der Waals surface area contributed by atoms with E-state index in [9.17, 15) is 29.4 Å². The second-order valence-corrected chi connectivity index (χ2v) is 16.6. The van der Waals surface area contributed by atoms with Crippen molar-refractivity contribution in [3.8, 4) is 0 Å². The lowest BCUT2D eigenvalue weighted by atomic mass is 9.98. The quantitative estimate of drug-likeness (QED) is 0.0589. The fraction of sp³-hybridized carbons (Fsp3) is 0.170. The average Bonchev–Trinajstić information content (AvgIpc) is 4.18. The molecule has 0 spiro atoms. The first-order chi connectivity index (χ1) is 32.2. The molecule has 5 aromatic heterocycles. The van der Waals surface area contributed by atoms with Gasteiger partial charge in [0, 0.05) is 86.5 Å². The fourth-order valence-electron chi connectivity index (χ4n) is 8.56. The zero-order valence-corrected chi connectivity index (χ0v) is 37.6. The van der Waals surface area contributed by atoms with Gasteiger partial charge in [0.1, 0.15) is 0 Å². The summed E-state index contributed by atoms with van der Waals surface area (Å²) in [6.45, 7) is 14.9. The Morgan fingerprint density at radius 3 is 1.45 bits per heavy atom. The number of rotatable bonds is 12. The number of fused-ring (bicyclic) bond motifs is 8. The van der Waals surface area contributed by atoms with Gasteiger partial charge in [-0.25, -0.2) is 9.97 Å². The minimum atomic E-state index is -0.922. The van der Waals surface area contributed by atoms with Crippen LogP contribution >= 0.6 is 0 Å². The number of aromatic amines is 4. The molecule has 0 aliphatic carbocycles. The van der Waals surface area contributed by atoms with Gasteiger partial charge in [0.2, 0.25) is 0 Å². The molecule has 0 saturated carbocycles. The lowest BCUT2D eigenvalue weighted by molar-refractivity contribution is -0.138. The van der Waals surface area contributed by atoms with Gasteiger partial charge in [-0.2, -0.15) is 0 Å². The largest absolute Gasteiger partial charge is 0.481 e. The third-order valence-electron chi connectivity index (χ3n) is 12.2. The maximum atomic E-state index is 12.3. The monoisotopic (exact) mass is 894 g/mol. The Kier molecular flexibility index (Phi) is 12.7. The van der Waals surface area contributed by atoms with Crippen molar-refractivity contribution in [3.63, 3.8) is 0 Å². The smallest absolute Gasteiger partial charge is 0.303 e. The highest BCUT2D eigenvalue weighted by Crippen LogP contribution is 2.32. The van der Waals surface area contributed by atoms with Gasteiger partial charge in [-0.3, -0.25) is 19.2 Å². The number of aromatic nitrogens is 6. The number of carbonyl (C=O) groups excluding carboxylic acids is 2. The van der Waals surface area contributed by atoms with E-state index in [2.05, 4.69) is 84.0 Å². The molecule has 14 nitrogen and oxygen atoms in total. The summed E-state index contributed by atoms with van der Waals surface area (Å²) in [5.41, 5.74) is 18.0. The van der Waals surface area contributed by atoms with Crippen LogP contribution in [0.25, 0.3) is 58.5 Å². The van der Waals surface area contributed by atoms with Crippen molar-refractivity contribution < 1.29 is 29.4 Å². The molecule has 9 heterocycles. The van der Waals surface area contributed by atoms with Gasteiger partial charge in [0.25, 0.3) is 11.8 Å². The third-order valence-corrected chi connectivity index (χ3v) is 12.2. The van der Waals surface area contributed by atoms with Crippen molar-refractivity contribution in [1.82, 2.24) is 40.5 Å². The Morgan fingerprint density at radius 1 is 0.567 bits per heavy atom. The molecule has 0 unspecified atom stereocenters. The Labute approximate surface area is 386 Å². The molecule has 5 aromatic rings. The SMILES string of the molecule is C1=Cc2cc3ccc(cc4ccc(cc5nc(cc1n2)C=C5)[nH]4)[nH]3.C=CC1=C(C)/C(=C/c2[nH]c(Cc3[nH]c(/C=C4\NC(=O)C(C)=C4C=C)c(C)c3CCC(=O)O)c(CCC(=O)O)c2C)NC1=O. The molecule has 0 aromatic carbocycles. The molecule has 0 saturated heterocycles. The van der Waals surface area contributed by atoms with Gasteiger partial charge in [-0.05, 0) is 153 Å². The Bertz CT molecular complexity index is 3210. The van der Waals surface area contributed by atoms with E-state index in [1.165, 1.54) is 6.08 Å². The number of allylic oxidation sites excluding steroid dienone is 2. The van der Waals surface area contributed by atoms with E-state index in [0.717, 1.165) is 95.4 Å². The number of hydrogen-bond acceptors (Lipinski definition) is 6. The number of hydrogen-bond donors (Lipinski definition) is 8. The van der Waals surface area contributed by atoms with E-state index < -0.39 is 11.9 Å². The second kappa shape index (κ2) is 18.9. The molecule has 8 N–H and O–H groups in total. The molecule has 4 aliphatic rings. The van der Waals surface area contributed by atoms with Crippen LogP contribution in [0, 0.1) is 13.8 Å². The van der Waals surface area contributed by atoms with Crippen LogP contribution in [0.15, 0.2) is 108 Å². The number of aliphatic carboxylic acids is 2. The number of carboxylic acids is 2. The summed E-state index contributed by atoms with van der Waals surface area (Å²) in [7, 11) is 0. The maximum absolute atomic E-state index is 12.3. The van der Waals surface area contributed by atoms with Crippen molar-refractivity contribution in [1.29, 1.82) is 0 Å². The third kappa shape index (κ3) is 9.93. The molecule has 338 valence electrons. The van der Waals surface area contributed by atoms with Crippen molar-refractivity contribution in [2.75, 3.05) is 0 Å². The normalized spacial score (nSPS) is 15.3. The summed E-state index contributed by atoms with van der Waals surface area (Å²) >= 11 is 0. The zero-order valence-electron chi connectivity index (χ0n) is 37.6. The summed E-state index contributed by atoms with van der Waals surface area (Å²) < 4.78 is 0. The number of amides is 2. The summed E-state index contributed by atoms with van der Waals surface area (Å²) in [5.74, 6) is -2.28. The minimum Gasteiger partial charge on any atom is -0.481 e. The van der Waals surface area contributed by atoms with E-state index in [1.54, 1.807) is 13.0 Å². The summed E-state index contributed by atoms with van der Waals surface area (Å²) in [4.78, 5) is 70.5. The highest BCUT2D eigenvalue weighted by atomic mass is 16.4. The van der Waals surface area contributed by atoms with Crippen LogP contribution in [0.4, 0.5) is 0 Å². The molecule has 67 heavy (non-hydrogen) atoms. The Balaban J connectivity index is 0.000000211. The summed E-state index contributed by atoms with van der Waals surface area (Å²) in [5, 5.41) is 24.6. The van der Waals surface area contributed by atoms with Gasteiger partial charge in [-0.1, -0.05) is 25.3 Å². The van der Waals surface area contributed by atoms with E-state index >= 15 is 0 Å². The number of carboxylic acid groups (broad SMARTS) is 2. The summed E-state index contributed by atoms with van der Waals surface area (Å²) in [6, 6.07) is 16.4. The second-order valence-electron chi connectivity index (χ2n) is 16.6. The molecule has 4 aliphatic heterocycles. The Morgan fingerprint density at radius 2 is 1.00 bits per heavy atom. The fourth-order valence-corrected chi connectivity index (χ4v) is 8.56. The molecule has 0 radical (unpaired) electrons. The lowest BCUT2D eigenvalue weighted by Crippen LogP contribution is -2.15.